The quantitative estimate of drug-likeness (QED) is 0.577. The van der Waals surface area contributed by atoms with Crippen molar-refractivity contribution in [1.82, 2.24) is 4.90 Å². The predicted octanol–water partition coefficient (Wildman–Crippen LogP) is 2.81. The Labute approximate surface area is 130 Å². The molecule has 0 unspecified atom stereocenters. The molecule has 0 aliphatic carbocycles. The first kappa shape index (κ1) is 17.3. The molecule has 0 N–H and O–H groups in total. The Balaban J connectivity index is 2.41. The Morgan fingerprint density at radius 3 is 2.25 bits per heavy atom. The van der Waals surface area contributed by atoms with Gasteiger partial charge in [-0.3, -0.25) is 4.90 Å². The molecule has 5 heteroatoms. The van der Waals surface area contributed by atoms with Crippen molar-refractivity contribution in [1.29, 1.82) is 0 Å². The first-order chi connectivity index (χ1) is 9.81. The Morgan fingerprint density at radius 2 is 1.65 bits per heavy atom. The summed E-state index contributed by atoms with van der Waals surface area (Å²) in [5, 5.41) is 0.951. The molecule has 0 saturated heterocycles. The number of methoxy groups -OCH3 is 1. The summed E-state index contributed by atoms with van der Waals surface area (Å²) >= 11 is 3.47. The van der Waals surface area contributed by atoms with Crippen LogP contribution in [0.3, 0.4) is 0 Å². The lowest BCUT2D eigenvalue weighted by atomic mass is 10.3. The minimum Gasteiger partial charge on any atom is -0.490 e. The Hall–Kier alpha value is -0.780. The van der Waals surface area contributed by atoms with Gasteiger partial charge >= 0.3 is 0 Å². The van der Waals surface area contributed by atoms with E-state index in [9.17, 15) is 0 Å². The third-order valence-electron chi connectivity index (χ3n) is 2.83. The third-order valence-corrected chi connectivity index (χ3v) is 3.18. The number of para-hydroxylation sites is 2. The summed E-state index contributed by atoms with van der Waals surface area (Å²) in [6.45, 7) is 6.76. The molecule has 0 aliphatic heterocycles. The highest BCUT2D eigenvalue weighted by molar-refractivity contribution is 9.09. The average molecular weight is 346 g/mol. The Kier molecular flexibility index (Phi) is 9.45. The summed E-state index contributed by atoms with van der Waals surface area (Å²) in [5.41, 5.74) is 0. The van der Waals surface area contributed by atoms with Crippen LogP contribution in [0.15, 0.2) is 24.3 Å². The molecule has 0 bridgehead atoms. The van der Waals surface area contributed by atoms with Crippen molar-refractivity contribution in [3.63, 3.8) is 0 Å². The second-order valence-electron chi connectivity index (χ2n) is 4.25. The zero-order valence-corrected chi connectivity index (χ0v) is 13.9. The zero-order valence-electron chi connectivity index (χ0n) is 12.3. The molecule has 4 nitrogen and oxygen atoms in total. The summed E-state index contributed by atoms with van der Waals surface area (Å²) in [6.07, 6.45) is 0. The van der Waals surface area contributed by atoms with Crippen LogP contribution in [0.5, 0.6) is 11.5 Å². The number of halogens is 1. The predicted molar refractivity (Wildman–Crippen MR) is 85.2 cm³/mol. The maximum atomic E-state index is 5.82. The fourth-order valence-electron chi connectivity index (χ4n) is 1.80. The van der Waals surface area contributed by atoms with Crippen LogP contribution in [0.2, 0.25) is 0 Å². The number of ether oxygens (including phenoxy) is 3. The van der Waals surface area contributed by atoms with E-state index in [0.717, 1.165) is 43.1 Å². The van der Waals surface area contributed by atoms with Crippen LogP contribution in [-0.4, -0.2) is 56.8 Å². The van der Waals surface area contributed by atoms with E-state index >= 15 is 0 Å². The van der Waals surface area contributed by atoms with Gasteiger partial charge in [0.2, 0.25) is 0 Å². The first-order valence-electron chi connectivity index (χ1n) is 6.93. The minimum atomic E-state index is 0.640. The molecule has 0 amide bonds. The minimum absolute atomic E-state index is 0.640. The number of hydrogen-bond acceptors (Lipinski definition) is 4. The van der Waals surface area contributed by atoms with Crippen molar-refractivity contribution < 1.29 is 14.2 Å². The summed E-state index contributed by atoms with van der Waals surface area (Å²) < 4.78 is 16.5. The highest BCUT2D eigenvalue weighted by Gasteiger charge is 2.06. The van der Waals surface area contributed by atoms with E-state index in [1.54, 1.807) is 7.11 Å². The normalized spacial score (nSPS) is 10.8. The van der Waals surface area contributed by atoms with Gasteiger partial charge in [-0.25, -0.2) is 0 Å². The molecule has 0 aromatic heterocycles. The van der Waals surface area contributed by atoms with Gasteiger partial charge in [-0.05, 0) is 19.1 Å². The fourth-order valence-corrected chi connectivity index (χ4v) is 2.31. The number of alkyl halides is 1. The van der Waals surface area contributed by atoms with E-state index in [0.29, 0.717) is 13.2 Å². The highest BCUT2D eigenvalue weighted by Crippen LogP contribution is 2.26. The Bertz CT molecular complexity index is 363. The van der Waals surface area contributed by atoms with Crippen molar-refractivity contribution in [2.45, 2.75) is 6.92 Å². The Morgan fingerprint density at radius 1 is 1.00 bits per heavy atom. The SMILES string of the molecule is CCOc1ccccc1OCCN(CCBr)CCOC. The maximum Gasteiger partial charge on any atom is 0.161 e. The van der Waals surface area contributed by atoms with Crippen molar-refractivity contribution in [2.24, 2.45) is 0 Å². The number of benzene rings is 1. The van der Waals surface area contributed by atoms with Gasteiger partial charge in [0.05, 0.1) is 13.2 Å². The van der Waals surface area contributed by atoms with E-state index in [2.05, 4.69) is 20.8 Å². The lowest BCUT2D eigenvalue weighted by molar-refractivity contribution is 0.138. The molecule has 0 spiro atoms. The third kappa shape index (κ3) is 6.59. The van der Waals surface area contributed by atoms with Crippen molar-refractivity contribution in [3.8, 4) is 11.5 Å². The molecule has 0 radical (unpaired) electrons. The molecule has 0 atom stereocenters. The molecule has 0 aliphatic rings. The van der Waals surface area contributed by atoms with E-state index in [4.69, 9.17) is 14.2 Å². The summed E-state index contributed by atoms with van der Waals surface area (Å²) in [4.78, 5) is 2.31. The van der Waals surface area contributed by atoms with Gasteiger partial charge in [-0.1, -0.05) is 28.1 Å². The van der Waals surface area contributed by atoms with Crippen LogP contribution in [0.25, 0.3) is 0 Å². The van der Waals surface area contributed by atoms with Gasteiger partial charge in [0.15, 0.2) is 11.5 Å². The van der Waals surface area contributed by atoms with Crippen LogP contribution in [0.4, 0.5) is 0 Å². The second-order valence-corrected chi connectivity index (χ2v) is 5.04. The van der Waals surface area contributed by atoms with E-state index < -0.39 is 0 Å². The molecule has 0 heterocycles. The smallest absolute Gasteiger partial charge is 0.161 e. The van der Waals surface area contributed by atoms with Crippen molar-refractivity contribution in [3.05, 3.63) is 24.3 Å². The van der Waals surface area contributed by atoms with Gasteiger partial charge in [0.25, 0.3) is 0 Å². The molecular formula is C15H24BrNO3. The largest absolute Gasteiger partial charge is 0.490 e. The first-order valence-corrected chi connectivity index (χ1v) is 8.05. The molecule has 0 fully saturated rings. The molecule has 0 saturated carbocycles. The van der Waals surface area contributed by atoms with Gasteiger partial charge in [0, 0.05) is 32.1 Å². The van der Waals surface area contributed by atoms with Crippen LogP contribution in [0, 0.1) is 0 Å². The maximum absolute atomic E-state index is 5.82. The van der Waals surface area contributed by atoms with Crippen LogP contribution in [0.1, 0.15) is 6.92 Å². The van der Waals surface area contributed by atoms with Gasteiger partial charge < -0.3 is 14.2 Å². The molecule has 1 rings (SSSR count). The molecule has 1 aromatic rings. The van der Waals surface area contributed by atoms with Gasteiger partial charge in [-0.15, -0.1) is 0 Å². The number of nitrogens with zero attached hydrogens (tertiary/aromatic N) is 1. The zero-order chi connectivity index (χ0) is 14.6. The standard InChI is InChI=1S/C15H24BrNO3/c1-3-19-14-6-4-5-7-15(14)20-13-11-17(9-8-16)10-12-18-2/h4-7H,3,8-13H2,1-2H3. The lowest BCUT2D eigenvalue weighted by Crippen LogP contribution is -2.33. The topological polar surface area (TPSA) is 30.9 Å². The second kappa shape index (κ2) is 10.9. The van der Waals surface area contributed by atoms with E-state index in [1.807, 2.05) is 31.2 Å². The molecule has 1 aromatic carbocycles. The number of rotatable bonds is 11. The van der Waals surface area contributed by atoms with Crippen molar-refractivity contribution in [2.75, 3.05) is 51.9 Å². The highest BCUT2D eigenvalue weighted by atomic mass is 79.9. The molecular weight excluding hydrogens is 322 g/mol. The van der Waals surface area contributed by atoms with Crippen LogP contribution in [-0.2, 0) is 4.74 Å². The summed E-state index contributed by atoms with van der Waals surface area (Å²) in [5.74, 6) is 1.61. The summed E-state index contributed by atoms with van der Waals surface area (Å²) in [7, 11) is 1.72. The number of hydrogen-bond donors (Lipinski definition) is 0. The lowest BCUT2D eigenvalue weighted by Gasteiger charge is -2.21. The average Bonchev–Trinajstić information content (AvgIpc) is 2.47. The van der Waals surface area contributed by atoms with Crippen molar-refractivity contribution >= 4 is 15.9 Å². The monoisotopic (exact) mass is 345 g/mol. The summed E-state index contributed by atoms with van der Waals surface area (Å²) in [6, 6.07) is 7.78. The molecule has 20 heavy (non-hydrogen) atoms. The van der Waals surface area contributed by atoms with E-state index in [1.165, 1.54) is 0 Å². The van der Waals surface area contributed by atoms with E-state index in [-0.39, 0.29) is 0 Å². The van der Waals surface area contributed by atoms with Crippen LogP contribution >= 0.6 is 15.9 Å². The van der Waals surface area contributed by atoms with Crippen LogP contribution < -0.4 is 9.47 Å². The fraction of sp³-hybridized carbons (Fsp3) is 0.600. The van der Waals surface area contributed by atoms with Gasteiger partial charge in [-0.2, -0.15) is 0 Å². The van der Waals surface area contributed by atoms with Gasteiger partial charge in [0.1, 0.15) is 6.61 Å². The molecule has 114 valence electrons.